The summed E-state index contributed by atoms with van der Waals surface area (Å²) in [6, 6.07) is 6.76. The standard InChI is InChI=1S/C10H9N3O2/c11-7-3-1-6(2-4-7)10-8(14)5-9(15)12-13-10/h1-4H,5,11H2,(H,12,15). The van der Waals surface area contributed by atoms with E-state index in [9.17, 15) is 9.59 Å². The molecule has 5 heteroatoms. The van der Waals surface area contributed by atoms with Crippen molar-refractivity contribution in [3.8, 4) is 0 Å². The summed E-state index contributed by atoms with van der Waals surface area (Å²) in [6.45, 7) is 0. The Labute approximate surface area is 86.0 Å². The quantitative estimate of drug-likeness (QED) is 0.500. The lowest BCUT2D eigenvalue weighted by Crippen LogP contribution is -2.33. The summed E-state index contributed by atoms with van der Waals surface area (Å²) >= 11 is 0. The number of benzene rings is 1. The molecular weight excluding hydrogens is 194 g/mol. The molecule has 5 nitrogen and oxygen atoms in total. The zero-order valence-corrected chi connectivity index (χ0v) is 7.86. The Morgan fingerprint density at radius 2 is 1.87 bits per heavy atom. The van der Waals surface area contributed by atoms with Crippen LogP contribution in [0.2, 0.25) is 0 Å². The monoisotopic (exact) mass is 203 g/mol. The first-order valence-corrected chi connectivity index (χ1v) is 4.42. The van der Waals surface area contributed by atoms with Gasteiger partial charge in [-0.1, -0.05) is 12.1 Å². The first-order valence-electron chi connectivity index (χ1n) is 4.42. The number of hydrogen-bond donors (Lipinski definition) is 2. The van der Waals surface area contributed by atoms with E-state index in [-0.39, 0.29) is 23.8 Å². The first kappa shape index (κ1) is 9.39. The van der Waals surface area contributed by atoms with Crippen LogP contribution in [0, 0.1) is 0 Å². The number of nitrogens with zero attached hydrogens (tertiary/aromatic N) is 1. The molecule has 1 aromatic carbocycles. The second kappa shape index (κ2) is 3.53. The number of hydrogen-bond acceptors (Lipinski definition) is 4. The van der Waals surface area contributed by atoms with Gasteiger partial charge in [-0.2, -0.15) is 5.10 Å². The number of nitrogen functional groups attached to an aromatic ring is 1. The molecule has 0 bridgehead atoms. The van der Waals surface area contributed by atoms with E-state index in [1.54, 1.807) is 24.3 Å². The maximum absolute atomic E-state index is 11.5. The predicted molar refractivity (Wildman–Crippen MR) is 55.2 cm³/mol. The van der Waals surface area contributed by atoms with Crippen molar-refractivity contribution >= 4 is 23.1 Å². The van der Waals surface area contributed by atoms with Gasteiger partial charge < -0.3 is 5.73 Å². The number of amides is 1. The molecule has 0 fully saturated rings. The number of Topliss-reactive ketones (excluding diaryl/α,β-unsaturated/α-hetero) is 1. The fourth-order valence-electron chi connectivity index (χ4n) is 1.32. The number of hydrazone groups is 1. The highest BCUT2D eigenvalue weighted by atomic mass is 16.2. The zero-order chi connectivity index (χ0) is 10.8. The van der Waals surface area contributed by atoms with Gasteiger partial charge >= 0.3 is 0 Å². The van der Waals surface area contributed by atoms with Crippen molar-refractivity contribution in [1.82, 2.24) is 5.43 Å². The maximum Gasteiger partial charge on any atom is 0.247 e. The third-order valence-corrected chi connectivity index (χ3v) is 2.06. The number of ketones is 1. The molecule has 1 aromatic rings. The zero-order valence-electron chi connectivity index (χ0n) is 7.86. The molecule has 0 saturated heterocycles. The minimum absolute atomic E-state index is 0.150. The fraction of sp³-hybridized carbons (Fsp3) is 0.100. The molecule has 2 rings (SSSR count). The lowest BCUT2D eigenvalue weighted by Gasteiger charge is -2.10. The molecule has 0 aliphatic carbocycles. The predicted octanol–water partition coefficient (Wildman–Crippen LogP) is 0.0619. The summed E-state index contributed by atoms with van der Waals surface area (Å²) in [5.74, 6) is -0.650. The van der Waals surface area contributed by atoms with Gasteiger partial charge in [0.15, 0.2) is 5.78 Å². The van der Waals surface area contributed by atoms with Crippen LogP contribution in [0.25, 0.3) is 0 Å². The first-order chi connectivity index (χ1) is 7.16. The van der Waals surface area contributed by atoms with E-state index in [0.29, 0.717) is 11.3 Å². The van der Waals surface area contributed by atoms with Crippen LogP contribution >= 0.6 is 0 Å². The van der Waals surface area contributed by atoms with Gasteiger partial charge in [-0.3, -0.25) is 9.59 Å². The van der Waals surface area contributed by atoms with Gasteiger partial charge in [0.25, 0.3) is 0 Å². The molecule has 0 radical (unpaired) electrons. The van der Waals surface area contributed by atoms with Crippen molar-refractivity contribution in [2.75, 3.05) is 5.73 Å². The lowest BCUT2D eigenvalue weighted by atomic mass is 10.0. The van der Waals surface area contributed by atoms with Crippen LogP contribution in [0.1, 0.15) is 12.0 Å². The Morgan fingerprint density at radius 1 is 1.20 bits per heavy atom. The summed E-state index contributed by atoms with van der Waals surface area (Å²) in [5.41, 5.74) is 9.34. The van der Waals surface area contributed by atoms with E-state index in [0.717, 1.165) is 0 Å². The fourth-order valence-corrected chi connectivity index (χ4v) is 1.32. The number of nitrogens with one attached hydrogen (secondary N) is 1. The molecule has 1 aliphatic heterocycles. The van der Waals surface area contributed by atoms with Crippen molar-refractivity contribution in [3.63, 3.8) is 0 Å². The van der Waals surface area contributed by atoms with Crippen molar-refractivity contribution < 1.29 is 9.59 Å². The van der Waals surface area contributed by atoms with Gasteiger partial charge in [0, 0.05) is 11.3 Å². The van der Waals surface area contributed by atoms with Crippen LogP contribution in [0.3, 0.4) is 0 Å². The van der Waals surface area contributed by atoms with Crippen LogP contribution < -0.4 is 11.2 Å². The van der Waals surface area contributed by atoms with Crippen LogP contribution in [0.15, 0.2) is 29.4 Å². The molecule has 0 atom stereocenters. The summed E-state index contributed by atoms with van der Waals surface area (Å²) in [4.78, 5) is 22.3. The van der Waals surface area contributed by atoms with Crippen molar-refractivity contribution in [1.29, 1.82) is 0 Å². The second-order valence-electron chi connectivity index (χ2n) is 3.22. The van der Waals surface area contributed by atoms with Crippen LogP contribution in [-0.4, -0.2) is 17.4 Å². The molecule has 1 amide bonds. The van der Waals surface area contributed by atoms with E-state index < -0.39 is 0 Å². The Kier molecular flexibility index (Phi) is 2.21. The van der Waals surface area contributed by atoms with Crippen molar-refractivity contribution in [2.45, 2.75) is 6.42 Å². The third-order valence-electron chi connectivity index (χ3n) is 2.06. The minimum Gasteiger partial charge on any atom is -0.399 e. The van der Waals surface area contributed by atoms with E-state index in [4.69, 9.17) is 5.73 Å². The number of anilines is 1. The van der Waals surface area contributed by atoms with E-state index >= 15 is 0 Å². The topological polar surface area (TPSA) is 84.5 Å². The van der Waals surface area contributed by atoms with Gasteiger partial charge in [-0.05, 0) is 12.1 Å². The van der Waals surface area contributed by atoms with Gasteiger partial charge in [-0.15, -0.1) is 0 Å². The largest absolute Gasteiger partial charge is 0.399 e. The number of carbonyl (C=O) groups excluding carboxylic acids is 2. The van der Waals surface area contributed by atoms with Gasteiger partial charge in [0.05, 0.1) is 6.42 Å². The molecule has 0 unspecified atom stereocenters. The van der Waals surface area contributed by atoms with Gasteiger partial charge in [0.1, 0.15) is 5.71 Å². The Morgan fingerprint density at radius 3 is 2.47 bits per heavy atom. The Hall–Kier alpha value is -2.17. The lowest BCUT2D eigenvalue weighted by molar-refractivity contribution is -0.126. The molecule has 76 valence electrons. The summed E-state index contributed by atoms with van der Waals surface area (Å²) in [5, 5.41) is 3.72. The molecule has 0 aromatic heterocycles. The number of rotatable bonds is 1. The van der Waals surface area contributed by atoms with Crippen molar-refractivity contribution in [2.24, 2.45) is 5.10 Å². The normalized spacial score (nSPS) is 15.9. The smallest absolute Gasteiger partial charge is 0.247 e. The van der Waals surface area contributed by atoms with E-state index in [1.165, 1.54) is 0 Å². The average Bonchev–Trinajstić information content (AvgIpc) is 2.20. The molecule has 1 heterocycles. The molecule has 0 saturated carbocycles. The van der Waals surface area contributed by atoms with Crippen molar-refractivity contribution in [3.05, 3.63) is 29.8 Å². The Bertz CT molecular complexity index is 448. The number of carbonyl (C=O) groups is 2. The van der Waals surface area contributed by atoms with E-state index in [1.807, 2.05) is 0 Å². The average molecular weight is 203 g/mol. The SMILES string of the molecule is Nc1ccc(C2=NNC(=O)CC2=O)cc1. The van der Waals surface area contributed by atoms with Crippen LogP contribution in [0.4, 0.5) is 5.69 Å². The summed E-state index contributed by atoms with van der Waals surface area (Å²) in [6.07, 6.45) is -0.150. The molecule has 3 N–H and O–H groups in total. The molecule has 1 aliphatic rings. The second-order valence-corrected chi connectivity index (χ2v) is 3.22. The molecule has 0 spiro atoms. The van der Waals surface area contributed by atoms with Crippen LogP contribution in [-0.2, 0) is 9.59 Å². The maximum atomic E-state index is 11.5. The Balaban J connectivity index is 2.35. The highest BCUT2D eigenvalue weighted by Gasteiger charge is 2.22. The molecule has 15 heavy (non-hydrogen) atoms. The summed E-state index contributed by atoms with van der Waals surface area (Å²) in [7, 11) is 0. The third kappa shape index (κ3) is 1.85. The van der Waals surface area contributed by atoms with Crippen LogP contribution in [0.5, 0.6) is 0 Å². The van der Waals surface area contributed by atoms with Gasteiger partial charge in [0.2, 0.25) is 5.91 Å². The highest BCUT2D eigenvalue weighted by molar-refractivity contribution is 6.49. The highest BCUT2D eigenvalue weighted by Crippen LogP contribution is 2.10. The summed E-state index contributed by atoms with van der Waals surface area (Å²) < 4.78 is 0. The van der Waals surface area contributed by atoms with Gasteiger partial charge in [-0.25, -0.2) is 5.43 Å². The molecular formula is C10H9N3O2. The minimum atomic E-state index is -0.376. The number of nitrogens with two attached hydrogens (primary N) is 1. The van der Waals surface area contributed by atoms with E-state index in [2.05, 4.69) is 10.5 Å².